The molecular weight excluding hydrogens is 558 g/mol. The standard InChI is InChI=1S/C32H45N9O3/c1-22-10-13-38(18-22)29-17-33-16-27(34-29)28-21-41(36-35-28)23(2)39-14-11-25(15-30(39)42)37-12-6-7-26(20-37)40(19-24-8-9-24)31(43)44-32(3,4)5/h11,14-17,21-24,26H,6-10,12-13,18-20H2,1-5H3/t22-,23?,26-/m1/s1. The fraction of sp³-hybridized carbons (Fsp3) is 0.625. The zero-order valence-corrected chi connectivity index (χ0v) is 26.6. The van der Waals surface area contributed by atoms with Crippen LogP contribution in [0, 0.1) is 11.8 Å². The summed E-state index contributed by atoms with van der Waals surface area (Å²) < 4.78 is 9.11. The van der Waals surface area contributed by atoms with Crippen LogP contribution in [0.4, 0.5) is 16.3 Å². The number of amides is 1. The van der Waals surface area contributed by atoms with Crippen molar-refractivity contribution in [3.63, 3.8) is 0 Å². The molecule has 1 saturated carbocycles. The number of carbonyl (C=O) groups is 1. The molecule has 2 aliphatic heterocycles. The summed E-state index contributed by atoms with van der Waals surface area (Å²) >= 11 is 0. The molecule has 2 saturated heterocycles. The largest absolute Gasteiger partial charge is 0.444 e. The topological polar surface area (TPSA) is 115 Å². The summed E-state index contributed by atoms with van der Waals surface area (Å²) in [5, 5.41) is 8.68. The van der Waals surface area contributed by atoms with Gasteiger partial charge in [0, 0.05) is 50.7 Å². The second-order valence-corrected chi connectivity index (χ2v) is 13.8. The van der Waals surface area contributed by atoms with E-state index in [0.717, 1.165) is 69.8 Å². The Bertz CT molecular complexity index is 1530. The highest BCUT2D eigenvalue weighted by atomic mass is 16.6. The number of hydrogen-bond acceptors (Lipinski definition) is 9. The molecule has 0 N–H and O–H groups in total. The number of hydrogen-bond donors (Lipinski definition) is 0. The smallest absolute Gasteiger partial charge is 0.410 e. The van der Waals surface area contributed by atoms with Crippen molar-refractivity contribution in [2.75, 3.05) is 42.5 Å². The Morgan fingerprint density at radius 2 is 1.91 bits per heavy atom. The van der Waals surface area contributed by atoms with Crippen molar-refractivity contribution in [3.05, 3.63) is 47.3 Å². The highest BCUT2D eigenvalue weighted by Gasteiger charge is 2.36. The van der Waals surface area contributed by atoms with Crippen molar-refractivity contribution >= 4 is 17.6 Å². The number of aromatic nitrogens is 6. The van der Waals surface area contributed by atoms with E-state index in [4.69, 9.17) is 9.72 Å². The van der Waals surface area contributed by atoms with Crippen molar-refractivity contribution in [2.24, 2.45) is 11.8 Å². The Balaban J connectivity index is 1.15. The summed E-state index contributed by atoms with van der Waals surface area (Å²) in [4.78, 5) is 42.2. The summed E-state index contributed by atoms with van der Waals surface area (Å²) in [5.74, 6) is 2.05. The molecule has 0 radical (unpaired) electrons. The van der Waals surface area contributed by atoms with Gasteiger partial charge < -0.3 is 19.4 Å². The first-order valence-electron chi connectivity index (χ1n) is 16.0. The van der Waals surface area contributed by atoms with Crippen LogP contribution in [0.1, 0.15) is 72.9 Å². The molecule has 0 spiro atoms. The average Bonchev–Trinajstić information content (AvgIpc) is 3.48. The van der Waals surface area contributed by atoms with Gasteiger partial charge in [0.15, 0.2) is 0 Å². The zero-order chi connectivity index (χ0) is 31.0. The highest BCUT2D eigenvalue weighted by Crippen LogP contribution is 2.33. The molecule has 6 rings (SSSR count). The van der Waals surface area contributed by atoms with Crippen molar-refractivity contribution < 1.29 is 9.53 Å². The quantitative estimate of drug-likeness (QED) is 0.369. The predicted octanol–water partition coefficient (Wildman–Crippen LogP) is 4.43. The molecule has 3 fully saturated rings. The summed E-state index contributed by atoms with van der Waals surface area (Å²) in [6.07, 6.45) is 11.8. The van der Waals surface area contributed by atoms with Gasteiger partial charge in [-0.3, -0.25) is 14.3 Å². The number of ether oxygens (including phenoxy) is 1. The Hall–Kier alpha value is -3.96. The van der Waals surface area contributed by atoms with Gasteiger partial charge in [-0.15, -0.1) is 5.10 Å². The number of carbonyl (C=O) groups excluding carboxylic acids is 1. The van der Waals surface area contributed by atoms with Crippen molar-refractivity contribution in [2.45, 2.75) is 84.5 Å². The van der Waals surface area contributed by atoms with Gasteiger partial charge in [0.1, 0.15) is 29.0 Å². The molecule has 0 bridgehead atoms. The second-order valence-electron chi connectivity index (χ2n) is 13.8. The fourth-order valence-electron chi connectivity index (χ4n) is 6.18. The third-order valence-electron chi connectivity index (χ3n) is 8.84. The highest BCUT2D eigenvalue weighted by molar-refractivity contribution is 5.69. The molecule has 3 aromatic heterocycles. The summed E-state index contributed by atoms with van der Waals surface area (Å²) in [6.45, 7) is 14.1. The van der Waals surface area contributed by atoms with Gasteiger partial charge in [0.2, 0.25) is 0 Å². The predicted molar refractivity (Wildman–Crippen MR) is 169 cm³/mol. The van der Waals surface area contributed by atoms with Gasteiger partial charge in [-0.05, 0) is 77.7 Å². The van der Waals surface area contributed by atoms with E-state index < -0.39 is 5.60 Å². The van der Waals surface area contributed by atoms with Crippen LogP contribution in [0.5, 0.6) is 0 Å². The number of piperidine rings is 1. The molecule has 236 valence electrons. The second kappa shape index (κ2) is 12.2. The van der Waals surface area contributed by atoms with Gasteiger partial charge in [-0.25, -0.2) is 14.5 Å². The monoisotopic (exact) mass is 603 g/mol. The lowest BCUT2D eigenvalue weighted by Gasteiger charge is -2.40. The average molecular weight is 604 g/mol. The van der Waals surface area contributed by atoms with E-state index in [1.807, 2.05) is 51.1 Å². The van der Waals surface area contributed by atoms with Crippen LogP contribution in [-0.2, 0) is 4.74 Å². The molecule has 1 aliphatic carbocycles. The van der Waals surface area contributed by atoms with Crippen LogP contribution >= 0.6 is 0 Å². The molecular formula is C32H45N9O3. The lowest BCUT2D eigenvalue weighted by molar-refractivity contribution is 0.0134. The van der Waals surface area contributed by atoms with E-state index in [9.17, 15) is 9.59 Å². The normalized spacial score (nSPS) is 21.4. The SMILES string of the molecule is CC(n1cc(-c2cncc(N3CC[C@@H](C)C3)n2)nn1)n1ccc(N2CCC[C@@H](N(CC3CC3)C(=O)OC(C)(C)C)C2)cc1=O. The molecule has 12 nitrogen and oxygen atoms in total. The van der Waals surface area contributed by atoms with E-state index in [2.05, 4.69) is 32.0 Å². The zero-order valence-electron chi connectivity index (χ0n) is 26.6. The van der Waals surface area contributed by atoms with Gasteiger partial charge in [-0.2, -0.15) is 0 Å². The fourth-order valence-corrected chi connectivity index (χ4v) is 6.18. The van der Waals surface area contributed by atoms with E-state index in [0.29, 0.717) is 29.8 Å². The molecule has 3 atom stereocenters. The van der Waals surface area contributed by atoms with Crippen molar-refractivity contribution in [3.8, 4) is 11.4 Å². The summed E-state index contributed by atoms with van der Waals surface area (Å²) in [6, 6.07) is 3.70. The first-order chi connectivity index (χ1) is 21.0. The Kier molecular flexibility index (Phi) is 8.34. The third-order valence-corrected chi connectivity index (χ3v) is 8.84. The van der Waals surface area contributed by atoms with Crippen LogP contribution in [0.3, 0.4) is 0 Å². The van der Waals surface area contributed by atoms with Crippen LogP contribution < -0.4 is 15.4 Å². The van der Waals surface area contributed by atoms with Gasteiger partial charge in [-0.1, -0.05) is 12.1 Å². The molecule has 5 heterocycles. The maximum atomic E-state index is 13.4. The molecule has 3 aromatic rings. The maximum Gasteiger partial charge on any atom is 0.410 e. The van der Waals surface area contributed by atoms with E-state index in [1.54, 1.807) is 27.7 Å². The summed E-state index contributed by atoms with van der Waals surface area (Å²) in [5.41, 5.74) is 1.47. The summed E-state index contributed by atoms with van der Waals surface area (Å²) in [7, 11) is 0. The van der Waals surface area contributed by atoms with Crippen LogP contribution in [0.2, 0.25) is 0 Å². The van der Waals surface area contributed by atoms with Gasteiger partial charge in [0.05, 0.1) is 24.6 Å². The van der Waals surface area contributed by atoms with Crippen LogP contribution in [0.15, 0.2) is 41.7 Å². The first kappa shape index (κ1) is 30.1. The Labute approximate surface area is 259 Å². The molecule has 3 aliphatic rings. The van der Waals surface area contributed by atoms with E-state index in [-0.39, 0.29) is 23.9 Å². The molecule has 1 unspecified atom stereocenters. The van der Waals surface area contributed by atoms with E-state index in [1.165, 1.54) is 0 Å². The Morgan fingerprint density at radius 3 is 2.61 bits per heavy atom. The van der Waals surface area contributed by atoms with Crippen LogP contribution in [0.25, 0.3) is 11.4 Å². The molecule has 1 amide bonds. The van der Waals surface area contributed by atoms with Gasteiger partial charge in [0.25, 0.3) is 5.56 Å². The van der Waals surface area contributed by atoms with Crippen molar-refractivity contribution in [1.29, 1.82) is 0 Å². The molecule has 12 heteroatoms. The lowest BCUT2D eigenvalue weighted by atomic mass is 10.0. The minimum Gasteiger partial charge on any atom is -0.444 e. The molecule has 0 aromatic carbocycles. The number of pyridine rings is 1. The Morgan fingerprint density at radius 1 is 1.09 bits per heavy atom. The number of anilines is 2. The van der Waals surface area contributed by atoms with Crippen molar-refractivity contribution in [1.82, 2.24) is 34.4 Å². The van der Waals surface area contributed by atoms with Gasteiger partial charge >= 0.3 is 6.09 Å². The minimum atomic E-state index is -0.539. The number of rotatable bonds is 8. The maximum absolute atomic E-state index is 13.4. The molecule has 44 heavy (non-hydrogen) atoms. The lowest BCUT2D eigenvalue weighted by Crippen LogP contribution is -2.52. The van der Waals surface area contributed by atoms with Crippen LogP contribution in [-0.4, -0.2) is 84.9 Å². The first-order valence-corrected chi connectivity index (χ1v) is 16.0. The van der Waals surface area contributed by atoms with E-state index >= 15 is 0 Å². The third kappa shape index (κ3) is 6.89. The number of nitrogens with zero attached hydrogens (tertiary/aromatic N) is 9. The minimum absolute atomic E-state index is 0.0459.